The molecule has 2 aromatic rings. The Kier molecular flexibility index (Phi) is 5.39. The number of hydrogen-bond donors (Lipinski definition) is 1. The maximum absolute atomic E-state index is 14.5. The Labute approximate surface area is 210 Å². The quantitative estimate of drug-likeness (QED) is 0.540. The molecule has 190 valence electrons. The van der Waals surface area contributed by atoms with Crippen LogP contribution in [0.2, 0.25) is 0 Å². The number of aliphatic carboxylic acids is 1. The Hall–Kier alpha value is -2.96. The van der Waals surface area contributed by atoms with E-state index in [0.29, 0.717) is 50.9 Å². The van der Waals surface area contributed by atoms with Gasteiger partial charge in [0.2, 0.25) is 11.8 Å². The molecule has 36 heavy (non-hydrogen) atoms. The van der Waals surface area contributed by atoms with Gasteiger partial charge in [-0.05, 0) is 98.4 Å². The number of pyridine rings is 1. The third-order valence-electron chi connectivity index (χ3n) is 9.89. The molecule has 1 N–H and O–H groups in total. The van der Waals surface area contributed by atoms with Crippen molar-refractivity contribution < 1.29 is 23.8 Å². The summed E-state index contributed by atoms with van der Waals surface area (Å²) in [5.74, 6) is -0.0950. The summed E-state index contributed by atoms with van der Waals surface area (Å²) in [7, 11) is 1.58. The number of ether oxygens (including phenoxy) is 1. The smallest absolute Gasteiger partial charge is 0.309 e. The number of methoxy groups -OCH3 is 1. The molecular weight excluding hydrogens is 459 g/mol. The van der Waals surface area contributed by atoms with Crippen molar-refractivity contribution in [3.05, 3.63) is 42.6 Å². The number of carbonyl (C=O) groups excluding carboxylic acids is 1. The average Bonchev–Trinajstić information content (AvgIpc) is 3.41. The highest BCUT2D eigenvalue weighted by Crippen LogP contribution is 2.62. The summed E-state index contributed by atoms with van der Waals surface area (Å²) >= 11 is 0. The second-order valence-electron chi connectivity index (χ2n) is 11.8. The van der Waals surface area contributed by atoms with E-state index in [0.717, 1.165) is 36.1 Å². The minimum absolute atomic E-state index is 0.0186. The first-order valence-electron chi connectivity index (χ1n) is 13.1. The number of amides is 1. The Balaban J connectivity index is 1.34. The van der Waals surface area contributed by atoms with Crippen LogP contribution in [0.5, 0.6) is 5.88 Å². The third kappa shape index (κ3) is 3.61. The molecule has 0 saturated heterocycles. The van der Waals surface area contributed by atoms with Crippen LogP contribution in [0.1, 0.15) is 57.8 Å². The number of fused-ring (bicyclic) bond motifs is 4. The first-order chi connectivity index (χ1) is 17.3. The number of halogens is 1. The zero-order valence-corrected chi connectivity index (χ0v) is 20.7. The largest absolute Gasteiger partial charge is 0.481 e. The molecule has 0 aliphatic heterocycles. The van der Waals surface area contributed by atoms with Gasteiger partial charge in [-0.25, -0.2) is 9.37 Å². The Morgan fingerprint density at radius 1 is 1.03 bits per heavy atom. The third-order valence-corrected chi connectivity index (χ3v) is 9.89. The first kappa shape index (κ1) is 23.4. The fourth-order valence-electron chi connectivity index (χ4n) is 7.45. The minimum Gasteiger partial charge on any atom is -0.481 e. The summed E-state index contributed by atoms with van der Waals surface area (Å²) < 4.78 is 19.8. The summed E-state index contributed by atoms with van der Waals surface area (Å²) in [6.45, 7) is 0.564. The van der Waals surface area contributed by atoms with Crippen LogP contribution in [0.4, 0.5) is 10.1 Å². The van der Waals surface area contributed by atoms with Gasteiger partial charge in [-0.1, -0.05) is 12.1 Å². The second kappa shape index (κ2) is 8.29. The molecule has 1 aromatic carbocycles. The van der Waals surface area contributed by atoms with E-state index in [9.17, 15) is 19.1 Å². The highest BCUT2D eigenvalue weighted by atomic mass is 19.1. The first-order valence-corrected chi connectivity index (χ1v) is 13.1. The van der Waals surface area contributed by atoms with Gasteiger partial charge in [-0.15, -0.1) is 0 Å². The summed E-state index contributed by atoms with van der Waals surface area (Å²) in [5, 5.41) is 9.82. The number of anilines is 1. The molecule has 7 heteroatoms. The fourth-order valence-corrected chi connectivity index (χ4v) is 7.45. The highest BCUT2D eigenvalue weighted by Gasteiger charge is 2.62. The summed E-state index contributed by atoms with van der Waals surface area (Å²) in [5.41, 5.74) is 1.45. The predicted molar refractivity (Wildman–Crippen MR) is 133 cm³/mol. The van der Waals surface area contributed by atoms with Gasteiger partial charge in [-0.2, -0.15) is 0 Å². The van der Waals surface area contributed by atoms with Gasteiger partial charge in [0, 0.05) is 24.5 Å². The maximum atomic E-state index is 14.5. The lowest BCUT2D eigenvalue weighted by Gasteiger charge is -2.53. The number of benzene rings is 1. The number of aromatic nitrogens is 1. The zero-order chi connectivity index (χ0) is 25.1. The lowest BCUT2D eigenvalue weighted by Crippen LogP contribution is -2.54. The van der Waals surface area contributed by atoms with E-state index in [2.05, 4.69) is 4.98 Å². The number of carboxylic acid groups (broad SMARTS) is 1. The van der Waals surface area contributed by atoms with Gasteiger partial charge in [0.1, 0.15) is 6.17 Å². The molecule has 1 aromatic heterocycles. The van der Waals surface area contributed by atoms with Crippen molar-refractivity contribution in [3.63, 3.8) is 0 Å². The van der Waals surface area contributed by atoms with E-state index >= 15 is 0 Å². The number of nitrogens with zero attached hydrogens (tertiary/aromatic N) is 2. The van der Waals surface area contributed by atoms with E-state index in [-0.39, 0.29) is 17.2 Å². The molecule has 1 atom stereocenters. The molecule has 6 nitrogen and oxygen atoms in total. The molecule has 6 fully saturated rings. The minimum atomic E-state index is -0.884. The number of rotatable bonds is 7. The van der Waals surface area contributed by atoms with Crippen molar-refractivity contribution in [1.82, 2.24) is 4.98 Å². The van der Waals surface area contributed by atoms with Crippen molar-refractivity contribution in [2.75, 3.05) is 18.6 Å². The van der Waals surface area contributed by atoms with Crippen molar-refractivity contribution in [2.24, 2.45) is 22.2 Å². The lowest BCUT2D eigenvalue weighted by molar-refractivity contribution is -0.158. The predicted octanol–water partition coefficient (Wildman–Crippen LogP) is 5.65. The molecule has 6 aliphatic rings. The van der Waals surface area contributed by atoms with Gasteiger partial charge in [0.25, 0.3) is 0 Å². The monoisotopic (exact) mass is 492 g/mol. The fraction of sp³-hybridized carbons (Fsp3) is 0.552. The van der Waals surface area contributed by atoms with E-state index in [1.807, 2.05) is 41.3 Å². The Bertz CT molecular complexity index is 1180. The molecule has 0 radical (unpaired) electrons. The molecular formula is C29H33FN2O4. The van der Waals surface area contributed by atoms with Crippen LogP contribution in [0, 0.1) is 22.2 Å². The number of hydrogen-bond acceptors (Lipinski definition) is 4. The highest BCUT2D eigenvalue weighted by molar-refractivity contribution is 5.99. The van der Waals surface area contributed by atoms with E-state index in [1.165, 1.54) is 0 Å². The molecule has 6 aliphatic carbocycles. The number of carbonyl (C=O) groups is 2. The van der Waals surface area contributed by atoms with Crippen LogP contribution >= 0.6 is 0 Å². The Morgan fingerprint density at radius 3 is 2.33 bits per heavy atom. The Morgan fingerprint density at radius 2 is 1.72 bits per heavy atom. The molecule has 4 bridgehead atoms. The normalized spacial score (nSPS) is 34.2. The van der Waals surface area contributed by atoms with Crippen LogP contribution < -0.4 is 9.64 Å². The van der Waals surface area contributed by atoms with Crippen molar-refractivity contribution >= 4 is 17.6 Å². The van der Waals surface area contributed by atoms with Gasteiger partial charge < -0.3 is 14.7 Å². The van der Waals surface area contributed by atoms with Crippen molar-refractivity contribution in [2.45, 2.75) is 64.0 Å². The van der Waals surface area contributed by atoms with Crippen LogP contribution in [0.3, 0.4) is 0 Å². The number of carboxylic acids is 1. The van der Waals surface area contributed by atoms with Crippen molar-refractivity contribution in [1.29, 1.82) is 0 Å². The van der Waals surface area contributed by atoms with E-state index < -0.39 is 23.0 Å². The van der Waals surface area contributed by atoms with E-state index in [4.69, 9.17) is 4.74 Å². The van der Waals surface area contributed by atoms with Crippen LogP contribution in [-0.4, -0.2) is 41.8 Å². The molecule has 1 heterocycles. The standard InChI is InChI=1S/C29H33FN2O4/c1-36-24-14-20(5-12-31-24)19-3-2-4-22(13-19)32(25(33)29-15-21(16-29)23(30)17-29)18-27-6-9-28(10-7-27,11-8-27)26(34)35/h2-5,12-14,21,23H,6-11,15-18H2,1H3,(H,34,35). The van der Waals surface area contributed by atoms with Gasteiger partial charge in [0.15, 0.2) is 0 Å². The molecule has 6 saturated carbocycles. The SMILES string of the molecule is COc1cc(-c2cccc(N(CC34CCC(C(=O)O)(CC3)CC4)C(=O)C34CC(F)C(C3)C4)c2)ccn1. The van der Waals surface area contributed by atoms with E-state index in [1.54, 1.807) is 13.3 Å². The van der Waals surface area contributed by atoms with Gasteiger partial charge >= 0.3 is 5.97 Å². The molecule has 8 rings (SSSR count). The summed E-state index contributed by atoms with van der Waals surface area (Å²) in [6.07, 6.45) is 6.86. The zero-order valence-electron chi connectivity index (χ0n) is 20.7. The second-order valence-corrected chi connectivity index (χ2v) is 11.8. The van der Waals surface area contributed by atoms with Gasteiger partial charge in [0.05, 0.1) is 17.9 Å². The molecule has 1 amide bonds. The lowest BCUT2D eigenvalue weighted by atomic mass is 9.53. The van der Waals surface area contributed by atoms with Crippen LogP contribution in [-0.2, 0) is 9.59 Å². The van der Waals surface area contributed by atoms with Crippen LogP contribution in [0.15, 0.2) is 42.6 Å². The molecule has 0 spiro atoms. The maximum Gasteiger partial charge on any atom is 0.309 e. The summed E-state index contributed by atoms with van der Waals surface area (Å²) in [6, 6.07) is 11.8. The van der Waals surface area contributed by atoms with Gasteiger partial charge in [-0.3, -0.25) is 9.59 Å². The number of alkyl halides is 1. The summed E-state index contributed by atoms with van der Waals surface area (Å²) in [4.78, 5) is 32.2. The topological polar surface area (TPSA) is 79.7 Å². The van der Waals surface area contributed by atoms with Crippen molar-refractivity contribution in [3.8, 4) is 17.0 Å². The average molecular weight is 493 g/mol. The van der Waals surface area contributed by atoms with Crippen LogP contribution in [0.25, 0.3) is 11.1 Å². The molecule has 1 unspecified atom stereocenters.